The van der Waals surface area contributed by atoms with E-state index in [-0.39, 0.29) is 18.6 Å². The summed E-state index contributed by atoms with van der Waals surface area (Å²) < 4.78 is 0. The van der Waals surface area contributed by atoms with Crippen molar-refractivity contribution in [3.05, 3.63) is 65.7 Å². The Morgan fingerprint density at radius 2 is 1.52 bits per heavy atom. The first-order chi connectivity index (χ1) is 19.4. The Labute approximate surface area is 249 Å². The van der Waals surface area contributed by atoms with Crippen LogP contribution in [0.3, 0.4) is 0 Å². The van der Waals surface area contributed by atoms with Gasteiger partial charge >= 0.3 is 0 Å². The second-order valence-electron chi connectivity index (χ2n) is 9.76. The molecule has 0 bridgehead atoms. The minimum atomic E-state index is 0.0263. The van der Waals surface area contributed by atoms with E-state index in [1.54, 1.807) is 11.8 Å². The number of thioether (sulfide) groups is 1. The Morgan fingerprint density at radius 3 is 2.12 bits per heavy atom. The summed E-state index contributed by atoms with van der Waals surface area (Å²) in [6.45, 7) is 14.9. The summed E-state index contributed by atoms with van der Waals surface area (Å²) in [6.07, 6.45) is 10.2. The van der Waals surface area contributed by atoms with E-state index in [1.165, 1.54) is 30.5 Å². The molecule has 0 spiro atoms. The highest BCUT2D eigenvalue weighted by Gasteiger charge is 2.24. The summed E-state index contributed by atoms with van der Waals surface area (Å²) >= 11 is 1.55. The van der Waals surface area contributed by atoms with Gasteiger partial charge in [-0.05, 0) is 66.6 Å². The number of nitrogens with two attached hydrogens (primary N) is 3. The van der Waals surface area contributed by atoms with E-state index < -0.39 is 0 Å². The van der Waals surface area contributed by atoms with E-state index >= 15 is 0 Å². The van der Waals surface area contributed by atoms with Gasteiger partial charge in [0.15, 0.2) is 0 Å². The van der Waals surface area contributed by atoms with Crippen LogP contribution in [0, 0.1) is 0 Å². The summed E-state index contributed by atoms with van der Waals surface area (Å²) in [6, 6.07) is 17.0. The Morgan fingerprint density at radius 1 is 0.925 bits per heavy atom. The van der Waals surface area contributed by atoms with Crippen LogP contribution in [0.1, 0.15) is 84.8 Å². The number of allylic oxidation sites excluding steroid dienone is 1. The van der Waals surface area contributed by atoms with Gasteiger partial charge in [-0.25, -0.2) is 0 Å². The van der Waals surface area contributed by atoms with Gasteiger partial charge in [-0.2, -0.15) is 0 Å². The molecular formula is C33H58N4O2S+2. The molecule has 0 amide bonds. The van der Waals surface area contributed by atoms with Crippen molar-refractivity contribution in [1.29, 1.82) is 0 Å². The zero-order valence-corrected chi connectivity index (χ0v) is 26.9. The Balaban J connectivity index is 0.00000363. The van der Waals surface area contributed by atoms with Gasteiger partial charge in [0.2, 0.25) is 0 Å². The second kappa shape index (κ2) is 23.4. The van der Waals surface area contributed by atoms with Crippen molar-refractivity contribution in [2.24, 2.45) is 5.73 Å². The first kappa shape index (κ1) is 37.7. The molecule has 0 aliphatic carbocycles. The molecule has 2 rings (SSSR count). The summed E-state index contributed by atoms with van der Waals surface area (Å²) in [5.74, 6) is 1.01. The zero-order valence-electron chi connectivity index (χ0n) is 26.0. The number of hydrogen-bond donors (Lipinski definition) is 5. The molecule has 0 radical (unpaired) electrons. The van der Waals surface area contributed by atoms with Crippen LogP contribution in [0.25, 0.3) is 6.08 Å². The number of amidine groups is 1. The SMILES string of the molecule is CC.CC.CC(C)(C/C=C/c1ccc(N(CCO)CCO)cc1)c1ccccc1[NH2+]CCCCCCSC(N)=[NH2+]. The molecule has 40 heavy (non-hydrogen) atoms. The lowest BCUT2D eigenvalue weighted by atomic mass is 9.80. The van der Waals surface area contributed by atoms with Crippen molar-refractivity contribution in [2.75, 3.05) is 43.5 Å². The highest BCUT2D eigenvalue weighted by molar-refractivity contribution is 8.13. The number of rotatable bonds is 17. The topological polar surface area (TPSA) is 112 Å². The Bertz CT molecular complexity index is 926. The highest BCUT2D eigenvalue weighted by Crippen LogP contribution is 2.31. The first-order valence-electron chi connectivity index (χ1n) is 15.0. The van der Waals surface area contributed by atoms with Gasteiger partial charge in [0.05, 0.1) is 19.8 Å². The molecule has 2 aromatic carbocycles. The fraction of sp³-hybridized carbons (Fsp3) is 0.545. The standard InChI is InChI=1S/C29H44N4O2S.2C2H6/c1-29(2,17-9-10-24-13-15-25(16-14-24)33(19-21-34)20-22-35)26-11-5-6-12-27(26)32-18-7-3-4-8-23-36-28(30)31;2*1-2/h5-6,9-16,32,34-35H,3-4,7-8,17-23H2,1-2H3,(H3,30,31);2*1-2H3/p+2/b10-9+;;. The van der Waals surface area contributed by atoms with Crippen molar-refractivity contribution in [1.82, 2.24) is 0 Å². The van der Waals surface area contributed by atoms with E-state index in [0.29, 0.717) is 18.3 Å². The minimum Gasteiger partial charge on any atom is -0.395 e. The lowest BCUT2D eigenvalue weighted by molar-refractivity contribution is -0.572. The van der Waals surface area contributed by atoms with Gasteiger partial charge in [0.1, 0.15) is 5.69 Å². The summed E-state index contributed by atoms with van der Waals surface area (Å²) in [5, 5.41) is 26.9. The van der Waals surface area contributed by atoms with Gasteiger partial charge in [-0.3, -0.25) is 11.1 Å². The number of nitrogens with zero attached hydrogens (tertiary/aromatic N) is 1. The molecule has 0 atom stereocenters. The van der Waals surface area contributed by atoms with Crippen molar-refractivity contribution in [3.8, 4) is 0 Å². The lowest BCUT2D eigenvalue weighted by Crippen LogP contribution is -2.78. The van der Waals surface area contributed by atoms with Gasteiger partial charge in [-0.15, -0.1) is 0 Å². The minimum absolute atomic E-state index is 0.0263. The first-order valence-corrected chi connectivity index (χ1v) is 16.0. The number of aliphatic hydroxyl groups excluding tert-OH is 2. The molecule has 8 N–H and O–H groups in total. The Kier molecular flexibility index (Phi) is 22.0. The molecule has 0 aliphatic rings. The van der Waals surface area contributed by atoms with Crippen LogP contribution in [0.2, 0.25) is 0 Å². The third-order valence-corrected chi connectivity index (χ3v) is 7.18. The van der Waals surface area contributed by atoms with Crippen LogP contribution in [0.4, 0.5) is 11.4 Å². The second-order valence-corrected chi connectivity index (χ2v) is 10.9. The normalized spacial score (nSPS) is 10.9. The number of benzene rings is 2. The number of hydrogen-bond acceptors (Lipinski definition) is 4. The van der Waals surface area contributed by atoms with Crippen LogP contribution in [-0.2, 0) is 5.41 Å². The maximum atomic E-state index is 9.26. The maximum Gasteiger partial charge on any atom is 0.299 e. The van der Waals surface area contributed by atoms with Crippen molar-refractivity contribution >= 4 is 34.4 Å². The number of para-hydroxylation sites is 1. The fourth-order valence-electron chi connectivity index (χ4n) is 4.35. The number of quaternary nitrogens is 1. The van der Waals surface area contributed by atoms with Crippen LogP contribution >= 0.6 is 11.8 Å². The number of unbranched alkanes of at least 4 members (excludes halogenated alkanes) is 3. The maximum absolute atomic E-state index is 9.26. The number of anilines is 1. The largest absolute Gasteiger partial charge is 0.395 e. The van der Waals surface area contributed by atoms with E-state index in [1.807, 2.05) is 44.7 Å². The molecule has 0 saturated carbocycles. The molecular weight excluding hydrogens is 516 g/mol. The molecule has 0 saturated heterocycles. The molecule has 0 heterocycles. The van der Waals surface area contributed by atoms with Crippen LogP contribution in [-0.4, -0.2) is 54.0 Å². The Hall–Kier alpha value is -2.32. The van der Waals surface area contributed by atoms with Gasteiger partial charge in [-0.1, -0.05) is 90.4 Å². The molecule has 0 unspecified atom stereocenters. The van der Waals surface area contributed by atoms with E-state index in [4.69, 9.17) is 11.1 Å². The van der Waals surface area contributed by atoms with Crippen LogP contribution in [0.15, 0.2) is 54.6 Å². The van der Waals surface area contributed by atoms with Gasteiger partial charge in [0, 0.05) is 30.1 Å². The predicted octanol–water partition coefficient (Wildman–Crippen LogP) is 4.47. The lowest BCUT2D eigenvalue weighted by Gasteiger charge is -2.25. The highest BCUT2D eigenvalue weighted by atomic mass is 32.2. The van der Waals surface area contributed by atoms with Gasteiger partial charge < -0.3 is 20.4 Å². The van der Waals surface area contributed by atoms with Crippen LogP contribution < -0.4 is 21.4 Å². The molecule has 2 aromatic rings. The summed E-state index contributed by atoms with van der Waals surface area (Å²) in [4.78, 5) is 1.99. The average Bonchev–Trinajstić information content (AvgIpc) is 2.97. The molecule has 226 valence electrons. The quantitative estimate of drug-likeness (QED) is 0.0828. The van der Waals surface area contributed by atoms with Crippen molar-refractivity contribution in [2.45, 2.75) is 79.1 Å². The average molecular weight is 575 g/mol. The van der Waals surface area contributed by atoms with Crippen molar-refractivity contribution < 1.29 is 20.9 Å². The van der Waals surface area contributed by atoms with Crippen molar-refractivity contribution in [3.63, 3.8) is 0 Å². The molecule has 0 aliphatic heterocycles. The third-order valence-electron chi connectivity index (χ3n) is 6.36. The molecule has 0 aromatic heterocycles. The molecule has 6 nitrogen and oxygen atoms in total. The monoisotopic (exact) mass is 574 g/mol. The molecule has 0 fully saturated rings. The van der Waals surface area contributed by atoms with E-state index in [2.05, 4.69) is 67.7 Å². The predicted molar refractivity (Wildman–Crippen MR) is 177 cm³/mol. The summed E-state index contributed by atoms with van der Waals surface area (Å²) in [5.41, 5.74) is 10.4. The smallest absolute Gasteiger partial charge is 0.299 e. The van der Waals surface area contributed by atoms with Gasteiger partial charge in [0.25, 0.3) is 5.17 Å². The number of aliphatic hydroxyl groups is 2. The zero-order chi connectivity index (χ0) is 30.2. The van der Waals surface area contributed by atoms with E-state index in [9.17, 15) is 10.2 Å². The van der Waals surface area contributed by atoms with Crippen LogP contribution in [0.5, 0.6) is 0 Å². The third kappa shape index (κ3) is 15.5. The summed E-state index contributed by atoms with van der Waals surface area (Å²) in [7, 11) is 0. The van der Waals surface area contributed by atoms with E-state index in [0.717, 1.165) is 36.4 Å². The molecule has 7 heteroatoms. The fourth-order valence-corrected chi connectivity index (χ4v) is 4.93.